The highest BCUT2D eigenvalue weighted by molar-refractivity contribution is 5.85. The quantitative estimate of drug-likeness (QED) is 0.330. The van der Waals surface area contributed by atoms with Gasteiger partial charge in [-0.2, -0.15) is 0 Å². The number of rotatable bonds is 10. The zero-order chi connectivity index (χ0) is 26.6. The number of alkyl halides is 1. The van der Waals surface area contributed by atoms with Gasteiger partial charge >= 0.3 is 11.9 Å². The van der Waals surface area contributed by atoms with E-state index in [0.29, 0.717) is 19.1 Å². The summed E-state index contributed by atoms with van der Waals surface area (Å²) in [6, 6.07) is 19.2. The topological polar surface area (TPSA) is 64.6 Å². The van der Waals surface area contributed by atoms with Gasteiger partial charge in [0.1, 0.15) is 19.3 Å². The van der Waals surface area contributed by atoms with Gasteiger partial charge in [0, 0.05) is 0 Å². The molecule has 0 aliphatic rings. The number of hydrogen-bond donors (Lipinski definition) is 1. The Morgan fingerprint density at radius 1 is 0.833 bits per heavy atom. The van der Waals surface area contributed by atoms with E-state index in [4.69, 9.17) is 10.8 Å². The highest BCUT2D eigenvalue weighted by atomic mass is 35.5. The van der Waals surface area contributed by atoms with E-state index in [1.54, 1.807) is 7.05 Å². The highest BCUT2D eigenvalue weighted by Crippen LogP contribution is 2.17. The van der Waals surface area contributed by atoms with Crippen molar-refractivity contribution in [2.75, 3.05) is 14.2 Å². The minimum atomic E-state index is -1.00. The second-order valence-corrected chi connectivity index (χ2v) is 8.46. The molecule has 206 valence electrons. The molecule has 2 atom stereocenters. The molecule has 0 amide bonds. The molecule has 0 saturated carbocycles. The number of nitrogens with one attached hydrogen (secondary N) is 1. The molecule has 2 aromatic rings. The van der Waals surface area contributed by atoms with Crippen molar-refractivity contribution in [3.8, 4) is 0 Å². The third-order valence-corrected chi connectivity index (χ3v) is 5.23. The molecule has 0 aliphatic carbocycles. The van der Waals surface area contributed by atoms with Gasteiger partial charge in [-0.05, 0) is 36.4 Å². The first kappa shape index (κ1) is 36.0. The third-order valence-electron chi connectivity index (χ3n) is 5.23. The second-order valence-electron chi connectivity index (χ2n) is 8.46. The summed E-state index contributed by atoms with van der Waals surface area (Å²) in [7, 11) is 0.772. The molecule has 0 bridgehead atoms. The van der Waals surface area contributed by atoms with Crippen LogP contribution >= 0.6 is 24.8 Å². The first-order chi connectivity index (χ1) is 16.7. The Balaban J connectivity index is -0.000000538. The van der Waals surface area contributed by atoms with Gasteiger partial charge in [0.15, 0.2) is 0 Å². The van der Waals surface area contributed by atoms with E-state index in [2.05, 4.69) is 19.2 Å². The van der Waals surface area contributed by atoms with Gasteiger partial charge in [-0.15, -0.1) is 24.8 Å². The molecule has 36 heavy (non-hydrogen) atoms. The average Bonchev–Trinajstić information content (AvgIpc) is 2.84. The van der Waals surface area contributed by atoms with Gasteiger partial charge in [-0.3, -0.25) is 14.0 Å². The Kier molecular flexibility index (Phi) is 23.3. The molecule has 0 heterocycles. The lowest BCUT2D eigenvalue weighted by atomic mass is 9.93. The lowest BCUT2D eigenvalue weighted by Crippen LogP contribution is -2.39. The lowest BCUT2D eigenvalue weighted by molar-refractivity contribution is -0.151. The van der Waals surface area contributed by atoms with Crippen LogP contribution in [0.4, 0.5) is 4.39 Å². The summed E-state index contributed by atoms with van der Waals surface area (Å²) in [5, 5.41) is 2.96. The van der Waals surface area contributed by atoms with E-state index in [-0.39, 0.29) is 54.6 Å². The van der Waals surface area contributed by atoms with Crippen LogP contribution < -0.4 is 5.32 Å². The molecule has 2 rings (SSSR count). The van der Waals surface area contributed by atoms with Crippen LogP contribution in [-0.2, 0) is 32.3 Å². The monoisotopic (exact) mass is 548 g/mol. The zero-order valence-electron chi connectivity index (χ0n) is 23.2. The standard InChI is InChI=1S/C14H20O2.C13H19NO2.CH3F.2ClH/c1-4-13(11(2)3)14(15)16-10-12-8-6-5-7-9-12;1-10(2)12(14-3)13(15)16-9-11-7-5-4-6-8-11;1-2;;/h5-9,11,13H,4,10H2,1-3H3;4-8,10,12,14H,9H2,1-3H3;1H3;2*1H/t13-;12-;;;/m00.../s1/i;;1D;;. The van der Waals surface area contributed by atoms with E-state index < -0.39 is 7.15 Å². The van der Waals surface area contributed by atoms with Gasteiger partial charge in [0.25, 0.3) is 0 Å². The molecule has 5 nitrogen and oxygen atoms in total. The molecule has 1 N–H and O–H groups in total. The smallest absolute Gasteiger partial charge is 0.323 e. The van der Waals surface area contributed by atoms with Crippen molar-refractivity contribution in [3.63, 3.8) is 0 Å². The van der Waals surface area contributed by atoms with Crippen molar-refractivity contribution in [1.82, 2.24) is 5.32 Å². The number of esters is 2. The average molecular weight is 550 g/mol. The summed E-state index contributed by atoms with van der Waals surface area (Å²) in [6.07, 6.45) is 0.839. The largest absolute Gasteiger partial charge is 0.461 e. The Labute approximate surface area is 230 Å². The van der Waals surface area contributed by atoms with Gasteiger partial charge in [0.05, 0.1) is 14.4 Å². The fourth-order valence-corrected chi connectivity index (χ4v) is 3.29. The number of halogens is 3. The lowest BCUT2D eigenvalue weighted by Gasteiger charge is -2.18. The number of likely N-dealkylation sites (N-methyl/N-ethyl adjacent to an activating group) is 1. The minimum Gasteiger partial charge on any atom is -0.461 e. The van der Waals surface area contributed by atoms with Gasteiger partial charge in [-0.1, -0.05) is 95.3 Å². The summed E-state index contributed by atoms with van der Waals surface area (Å²) < 4.78 is 26.0. The Hall–Kier alpha value is -2.15. The van der Waals surface area contributed by atoms with Crippen LogP contribution in [0.25, 0.3) is 0 Å². The predicted octanol–water partition coefficient (Wildman–Crippen LogP) is 6.82. The van der Waals surface area contributed by atoms with Crippen molar-refractivity contribution in [3.05, 3.63) is 71.8 Å². The normalized spacial score (nSPS) is 11.6. The number of ether oxygens (including phenoxy) is 2. The Morgan fingerprint density at radius 2 is 1.22 bits per heavy atom. The fraction of sp³-hybridized carbons (Fsp3) is 0.500. The van der Waals surface area contributed by atoms with Crippen LogP contribution in [0.1, 0.15) is 53.5 Å². The van der Waals surface area contributed by atoms with Crippen LogP contribution in [0.3, 0.4) is 0 Å². The fourth-order valence-electron chi connectivity index (χ4n) is 3.29. The summed E-state index contributed by atoms with van der Waals surface area (Å²) in [6.45, 7) is 10.8. The Bertz CT molecular complexity index is 747. The summed E-state index contributed by atoms with van der Waals surface area (Å²) >= 11 is 0. The van der Waals surface area contributed by atoms with Crippen LogP contribution in [0, 0.1) is 17.8 Å². The number of carbonyl (C=O) groups excluding carboxylic acids is 2. The van der Waals surface area contributed by atoms with E-state index in [0.717, 1.165) is 17.5 Å². The molecule has 2 aromatic carbocycles. The van der Waals surface area contributed by atoms with Gasteiger partial charge < -0.3 is 14.8 Å². The molecule has 0 aromatic heterocycles. The van der Waals surface area contributed by atoms with Gasteiger partial charge in [0.2, 0.25) is 0 Å². The van der Waals surface area contributed by atoms with Crippen molar-refractivity contribution in [2.24, 2.45) is 17.8 Å². The Morgan fingerprint density at radius 3 is 1.53 bits per heavy atom. The van der Waals surface area contributed by atoms with E-state index in [9.17, 15) is 14.0 Å². The summed E-state index contributed by atoms with van der Waals surface area (Å²) in [4.78, 5) is 23.5. The van der Waals surface area contributed by atoms with Crippen LogP contribution in [0.5, 0.6) is 0 Å². The van der Waals surface area contributed by atoms with Gasteiger partial charge in [-0.25, -0.2) is 0 Å². The number of benzene rings is 2. The minimum absolute atomic E-state index is 0. The van der Waals surface area contributed by atoms with E-state index >= 15 is 0 Å². The first-order valence-electron chi connectivity index (χ1n) is 12.4. The van der Waals surface area contributed by atoms with Crippen LogP contribution in [-0.4, -0.2) is 32.2 Å². The highest BCUT2D eigenvalue weighted by Gasteiger charge is 2.22. The first-order valence-corrected chi connectivity index (χ1v) is 11.6. The van der Waals surface area contributed by atoms with E-state index in [1.165, 1.54) is 0 Å². The molecular formula is C28H44Cl2FNO4. The van der Waals surface area contributed by atoms with Crippen molar-refractivity contribution < 1.29 is 24.8 Å². The maximum atomic E-state index is 11.8. The summed E-state index contributed by atoms with van der Waals surface area (Å²) in [5.41, 5.74) is 2.05. The maximum absolute atomic E-state index is 11.8. The molecule has 0 radical (unpaired) electrons. The molecule has 0 unspecified atom stereocenters. The van der Waals surface area contributed by atoms with Crippen molar-refractivity contribution in [1.29, 1.82) is 0 Å². The SMILES string of the molecule is CC[C@H](C(=O)OCc1ccccc1)C(C)C.CN[C@H](C(=O)OCc1ccccc1)C(C)C.Cl.Cl.[2H]CF. The molecular weight excluding hydrogens is 504 g/mol. The molecule has 0 aliphatic heterocycles. The second kappa shape index (κ2) is 23.3. The van der Waals surface area contributed by atoms with Crippen LogP contribution in [0.2, 0.25) is 0 Å². The van der Waals surface area contributed by atoms with Crippen molar-refractivity contribution in [2.45, 2.75) is 60.3 Å². The molecule has 0 spiro atoms. The molecule has 0 saturated heterocycles. The third kappa shape index (κ3) is 15.8. The molecule has 8 heteroatoms. The van der Waals surface area contributed by atoms with Crippen molar-refractivity contribution >= 4 is 36.8 Å². The zero-order valence-corrected chi connectivity index (χ0v) is 23.9. The molecule has 0 fully saturated rings. The predicted molar refractivity (Wildman–Crippen MR) is 150 cm³/mol. The number of hydrogen-bond acceptors (Lipinski definition) is 5. The van der Waals surface area contributed by atoms with E-state index in [1.807, 2.05) is 81.4 Å². The number of carbonyl (C=O) groups is 2. The maximum Gasteiger partial charge on any atom is 0.323 e. The van der Waals surface area contributed by atoms with Crippen LogP contribution in [0.15, 0.2) is 60.7 Å². The summed E-state index contributed by atoms with van der Waals surface area (Å²) in [5.74, 6) is 0.313.